The molecule has 1 fully saturated rings. The van der Waals surface area contributed by atoms with Gasteiger partial charge in [-0.2, -0.15) is 0 Å². The summed E-state index contributed by atoms with van der Waals surface area (Å²) >= 11 is 0. The number of hydrogen-bond donors (Lipinski definition) is 2. The zero-order valence-electron chi connectivity index (χ0n) is 16.0. The summed E-state index contributed by atoms with van der Waals surface area (Å²) in [6.07, 6.45) is 0.159. The number of carbonyl (C=O) groups excluding carboxylic acids is 2. The van der Waals surface area contributed by atoms with E-state index in [1.165, 1.54) is 0 Å². The van der Waals surface area contributed by atoms with Gasteiger partial charge < -0.3 is 20.1 Å². The summed E-state index contributed by atoms with van der Waals surface area (Å²) < 4.78 is 10.6. The maximum atomic E-state index is 12.3. The maximum absolute atomic E-state index is 12.3. The number of benzene rings is 1. The van der Waals surface area contributed by atoms with Gasteiger partial charge in [0.2, 0.25) is 11.8 Å². The Morgan fingerprint density at radius 1 is 1.31 bits per heavy atom. The predicted molar refractivity (Wildman–Crippen MR) is 99.2 cm³/mol. The van der Waals surface area contributed by atoms with E-state index in [4.69, 9.17) is 9.47 Å². The molecule has 0 bridgehead atoms. The van der Waals surface area contributed by atoms with Gasteiger partial charge in [0.25, 0.3) is 0 Å². The number of methoxy groups -OCH3 is 2. The van der Waals surface area contributed by atoms with Crippen molar-refractivity contribution in [3.63, 3.8) is 0 Å². The monoisotopic (exact) mass is 363 g/mol. The zero-order valence-corrected chi connectivity index (χ0v) is 16.0. The second kappa shape index (κ2) is 9.43. The summed E-state index contributed by atoms with van der Waals surface area (Å²) in [5, 5.41) is 5.74. The first-order valence-electron chi connectivity index (χ1n) is 8.94. The van der Waals surface area contributed by atoms with Crippen LogP contribution >= 0.6 is 0 Å². The van der Waals surface area contributed by atoms with Crippen molar-refractivity contribution in [2.75, 3.05) is 33.9 Å². The predicted octanol–water partition coefficient (Wildman–Crippen LogP) is 1.17. The third-order valence-electron chi connectivity index (χ3n) is 4.36. The molecule has 1 aromatic carbocycles. The second-order valence-electron chi connectivity index (χ2n) is 6.87. The van der Waals surface area contributed by atoms with E-state index in [1.54, 1.807) is 14.2 Å². The van der Waals surface area contributed by atoms with Crippen molar-refractivity contribution >= 4 is 11.8 Å². The molecule has 1 unspecified atom stereocenters. The molecular weight excluding hydrogens is 334 g/mol. The molecule has 2 amide bonds. The number of amides is 2. The summed E-state index contributed by atoms with van der Waals surface area (Å²) in [6.45, 7) is 6.53. The van der Waals surface area contributed by atoms with Gasteiger partial charge in [0.15, 0.2) is 11.5 Å². The molecule has 1 atom stereocenters. The van der Waals surface area contributed by atoms with Gasteiger partial charge in [0.05, 0.1) is 26.7 Å². The molecule has 7 heteroatoms. The van der Waals surface area contributed by atoms with Crippen LogP contribution in [0, 0.1) is 5.92 Å². The standard InChI is InChI=1S/C19H29N3O4/c1-13(2)11-21-18(23)10-15-19(24)20-7-8-22(15)12-14-5-6-16(25-3)17(9-14)26-4/h5-6,9,13,15H,7-8,10-12H2,1-4H3,(H,20,24)(H,21,23). The summed E-state index contributed by atoms with van der Waals surface area (Å²) in [7, 11) is 3.19. The summed E-state index contributed by atoms with van der Waals surface area (Å²) in [4.78, 5) is 26.5. The van der Waals surface area contributed by atoms with Crippen LogP contribution in [-0.2, 0) is 16.1 Å². The lowest BCUT2D eigenvalue weighted by molar-refractivity contribution is -0.134. The van der Waals surface area contributed by atoms with Gasteiger partial charge in [-0.05, 0) is 23.6 Å². The summed E-state index contributed by atoms with van der Waals surface area (Å²) in [6, 6.07) is 5.23. The first kappa shape index (κ1) is 20.0. The number of nitrogens with zero attached hydrogens (tertiary/aromatic N) is 1. The summed E-state index contributed by atoms with van der Waals surface area (Å²) in [5.74, 6) is 1.49. The minimum atomic E-state index is -0.469. The molecule has 1 aromatic rings. The van der Waals surface area contributed by atoms with E-state index in [-0.39, 0.29) is 18.2 Å². The van der Waals surface area contributed by atoms with Crippen LogP contribution in [0.15, 0.2) is 18.2 Å². The third kappa shape index (κ3) is 5.36. The van der Waals surface area contributed by atoms with E-state index in [9.17, 15) is 9.59 Å². The van der Waals surface area contributed by atoms with E-state index >= 15 is 0 Å². The van der Waals surface area contributed by atoms with Crippen molar-refractivity contribution in [3.8, 4) is 11.5 Å². The highest BCUT2D eigenvalue weighted by Crippen LogP contribution is 2.28. The van der Waals surface area contributed by atoms with Crippen LogP contribution in [0.1, 0.15) is 25.8 Å². The van der Waals surface area contributed by atoms with Crippen molar-refractivity contribution in [2.24, 2.45) is 5.92 Å². The van der Waals surface area contributed by atoms with Gasteiger partial charge in [-0.15, -0.1) is 0 Å². The molecule has 0 saturated carbocycles. The van der Waals surface area contributed by atoms with E-state index in [0.717, 1.165) is 5.56 Å². The Bertz CT molecular complexity index is 633. The van der Waals surface area contributed by atoms with E-state index in [0.29, 0.717) is 43.6 Å². The SMILES string of the molecule is COc1ccc(CN2CCNC(=O)C2CC(=O)NCC(C)C)cc1OC. The molecule has 7 nitrogen and oxygen atoms in total. The van der Waals surface area contributed by atoms with Crippen LogP contribution in [0.3, 0.4) is 0 Å². The molecule has 0 aromatic heterocycles. The normalized spacial score (nSPS) is 17.7. The van der Waals surface area contributed by atoms with E-state index < -0.39 is 6.04 Å². The van der Waals surface area contributed by atoms with Gasteiger partial charge in [-0.1, -0.05) is 19.9 Å². The Balaban J connectivity index is 2.07. The average Bonchev–Trinajstić information content (AvgIpc) is 2.62. The molecular formula is C19H29N3O4. The van der Waals surface area contributed by atoms with Crippen molar-refractivity contribution in [1.29, 1.82) is 0 Å². The fraction of sp³-hybridized carbons (Fsp3) is 0.579. The number of piperazine rings is 1. The van der Waals surface area contributed by atoms with Crippen molar-refractivity contribution in [3.05, 3.63) is 23.8 Å². The highest BCUT2D eigenvalue weighted by Gasteiger charge is 2.31. The molecule has 1 saturated heterocycles. The van der Waals surface area contributed by atoms with E-state index in [1.807, 2.05) is 36.9 Å². The number of hydrogen-bond acceptors (Lipinski definition) is 5. The zero-order chi connectivity index (χ0) is 19.1. The number of ether oxygens (including phenoxy) is 2. The highest BCUT2D eigenvalue weighted by molar-refractivity contribution is 5.88. The summed E-state index contributed by atoms with van der Waals surface area (Å²) in [5.41, 5.74) is 1.00. The van der Waals surface area contributed by atoms with Crippen LogP contribution in [0.2, 0.25) is 0 Å². The Hall–Kier alpha value is -2.28. The molecule has 1 aliphatic heterocycles. The van der Waals surface area contributed by atoms with Crippen LogP contribution in [0.5, 0.6) is 11.5 Å². The molecule has 0 spiro atoms. The topological polar surface area (TPSA) is 79.9 Å². The Morgan fingerprint density at radius 2 is 2.04 bits per heavy atom. The number of nitrogens with one attached hydrogen (secondary N) is 2. The van der Waals surface area contributed by atoms with Gasteiger partial charge >= 0.3 is 0 Å². The minimum Gasteiger partial charge on any atom is -0.493 e. The van der Waals surface area contributed by atoms with Gasteiger partial charge in [0.1, 0.15) is 0 Å². The van der Waals surface area contributed by atoms with Crippen LogP contribution in [0.25, 0.3) is 0 Å². The van der Waals surface area contributed by atoms with E-state index in [2.05, 4.69) is 10.6 Å². The van der Waals surface area contributed by atoms with Crippen LogP contribution < -0.4 is 20.1 Å². The van der Waals surface area contributed by atoms with Crippen molar-refractivity contribution < 1.29 is 19.1 Å². The van der Waals surface area contributed by atoms with Crippen molar-refractivity contribution in [1.82, 2.24) is 15.5 Å². The Labute approximate surface area is 155 Å². The molecule has 144 valence electrons. The average molecular weight is 363 g/mol. The number of rotatable bonds is 8. The van der Waals surface area contributed by atoms with Gasteiger partial charge in [0, 0.05) is 26.2 Å². The van der Waals surface area contributed by atoms with Crippen LogP contribution in [-0.4, -0.2) is 56.6 Å². The fourth-order valence-corrected chi connectivity index (χ4v) is 2.95. The minimum absolute atomic E-state index is 0.0990. The lowest BCUT2D eigenvalue weighted by Crippen LogP contribution is -2.56. The molecule has 1 aliphatic rings. The fourth-order valence-electron chi connectivity index (χ4n) is 2.95. The Kier molecular flexibility index (Phi) is 7.26. The molecule has 2 N–H and O–H groups in total. The largest absolute Gasteiger partial charge is 0.493 e. The van der Waals surface area contributed by atoms with Gasteiger partial charge in [-0.3, -0.25) is 14.5 Å². The molecule has 1 heterocycles. The molecule has 0 radical (unpaired) electrons. The highest BCUT2D eigenvalue weighted by atomic mass is 16.5. The lowest BCUT2D eigenvalue weighted by Gasteiger charge is -2.34. The van der Waals surface area contributed by atoms with Crippen LogP contribution in [0.4, 0.5) is 0 Å². The quantitative estimate of drug-likeness (QED) is 0.725. The van der Waals surface area contributed by atoms with Gasteiger partial charge in [-0.25, -0.2) is 0 Å². The molecule has 26 heavy (non-hydrogen) atoms. The van der Waals surface area contributed by atoms with Crippen molar-refractivity contribution in [2.45, 2.75) is 32.9 Å². The number of carbonyl (C=O) groups is 2. The maximum Gasteiger partial charge on any atom is 0.237 e. The smallest absolute Gasteiger partial charge is 0.237 e. The second-order valence-corrected chi connectivity index (χ2v) is 6.87. The lowest BCUT2D eigenvalue weighted by atomic mass is 10.1. The third-order valence-corrected chi connectivity index (χ3v) is 4.36. The molecule has 0 aliphatic carbocycles. The first-order valence-corrected chi connectivity index (χ1v) is 8.94. The molecule has 2 rings (SSSR count). The Morgan fingerprint density at radius 3 is 2.69 bits per heavy atom. The first-order chi connectivity index (χ1) is 12.4.